The summed E-state index contributed by atoms with van der Waals surface area (Å²) in [4.78, 5) is 19.7. The Balaban J connectivity index is 1.34. The Morgan fingerprint density at radius 1 is 1.26 bits per heavy atom. The zero-order chi connectivity index (χ0) is 18.8. The van der Waals surface area contributed by atoms with Gasteiger partial charge in [-0.3, -0.25) is 9.69 Å². The minimum absolute atomic E-state index is 0.103. The molecular weight excluding hydrogens is 358 g/mol. The highest BCUT2D eigenvalue weighted by Crippen LogP contribution is 2.25. The van der Waals surface area contributed by atoms with Crippen LogP contribution in [-0.2, 0) is 6.54 Å². The largest absolute Gasteiger partial charge is 0.338 e. The number of nitrogens with zero attached hydrogens (tertiary/aromatic N) is 3. The summed E-state index contributed by atoms with van der Waals surface area (Å²) in [6.45, 7) is 6.47. The number of aryl methyl sites for hydroxylation is 2. The Morgan fingerprint density at radius 2 is 2.07 bits per heavy atom. The first-order valence-electron chi connectivity index (χ1n) is 9.29. The average Bonchev–Trinajstić information content (AvgIpc) is 3.33. The van der Waals surface area contributed by atoms with Gasteiger partial charge in [-0.05, 0) is 56.8 Å². The Hall–Kier alpha value is -2.31. The van der Waals surface area contributed by atoms with Crippen molar-refractivity contribution in [1.82, 2.24) is 15.0 Å². The Kier molecular flexibility index (Phi) is 5.18. The second-order valence-electron chi connectivity index (χ2n) is 7.26. The molecule has 0 amide bonds. The van der Waals surface area contributed by atoms with E-state index in [1.165, 1.54) is 5.56 Å². The van der Waals surface area contributed by atoms with Crippen LogP contribution in [0.4, 0.5) is 0 Å². The van der Waals surface area contributed by atoms with Crippen molar-refractivity contribution in [3.63, 3.8) is 0 Å². The standard InChI is InChI=1S/C21H23N3O2S/c1-14-3-4-18(15(2)11-14)20(25)16-5-8-24(9-6-16)12-19-22-21(23-26-19)17-7-10-27-13-17/h3-4,7,10-11,13,16H,5-6,8-9,12H2,1-2H3. The van der Waals surface area contributed by atoms with Crippen LogP contribution in [0, 0.1) is 19.8 Å². The van der Waals surface area contributed by atoms with Gasteiger partial charge in [0.15, 0.2) is 5.78 Å². The Labute approximate surface area is 163 Å². The van der Waals surface area contributed by atoms with Crippen molar-refractivity contribution in [1.29, 1.82) is 0 Å². The van der Waals surface area contributed by atoms with E-state index in [9.17, 15) is 4.79 Å². The lowest BCUT2D eigenvalue weighted by Gasteiger charge is -2.30. The first-order chi connectivity index (χ1) is 13.1. The predicted octanol–water partition coefficient (Wildman–Crippen LogP) is 4.51. The van der Waals surface area contributed by atoms with Crippen LogP contribution in [0.2, 0.25) is 0 Å². The van der Waals surface area contributed by atoms with Crippen molar-refractivity contribution < 1.29 is 9.32 Å². The molecule has 6 heteroatoms. The maximum atomic E-state index is 12.9. The van der Waals surface area contributed by atoms with Crippen LogP contribution in [0.1, 0.15) is 40.2 Å². The summed E-state index contributed by atoms with van der Waals surface area (Å²) in [5, 5.41) is 8.08. The molecule has 27 heavy (non-hydrogen) atoms. The number of piperidine rings is 1. The van der Waals surface area contributed by atoms with Crippen molar-refractivity contribution >= 4 is 17.1 Å². The summed E-state index contributed by atoms with van der Waals surface area (Å²) in [5.41, 5.74) is 4.14. The summed E-state index contributed by atoms with van der Waals surface area (Å²) in [6.07, 6.45) is 1.75. The molecule has 0 radical (unpaired) electrons. The van der Waals surface area contributed by atoms with Gasteiger partial charge < -0.3 is 4.52 Å². The summed E-state index contributed by atoms with van der Waals surface area (Å²) >= 11 is 1.62. The van der Waals surface area contributed by atoms with Gasteiger partial charge in [0.2, 0.25) is 11.7 Å². The molecule has 1 aliphatic rings. The fourth-order valence-electron chi connectivity index (χ4n) is 3.68. The molecule has 140 valence electrons. The third-order valence-electron chi connectivity index (χ3n) is 5.21. The van der Waals surface area contributed by atoms with Gasteiger partial charge in [-0.1, -0.05) is 28.9 Å². The molecule has 3 heterocycles. The van der Waals surface area contributed by atoms with E-state index in [2.05, 4.69) is 28.0 Å². The molecule has 1 saturated heterocycles. The number of Topliss-reactive ketones (excluding diaryl/α,β-unsaturated/α-hetero) is 1. The number of hydrogen-bond donors (Lipinski definition) is 0. The van der Waals surface area contributed by atoms with Gasteiger partial charge in [0, 0.05) is 22.4 Å². The zero-order valence-corrected chi connectivity index (χ0v) is 16.5. The Bertz CT molecular complexity index is 925. The first kappa shape index (κ1) is 18.1. The number of carbonyl (C=O) groups is 1. The molecule has 1 fully saturated rings. The van der Waals surface area contributed by atoms with E-state index in [-0.39, 0.29) is 11.7 Å². The fourth-order valence-corrected chi connectivity index (χ4v) is 4.32. The number of rotatable bonds is 5. The molecule has 1 aromatic carbocycles. The molecule has 5 nitrogen and oxygen atoms in total. The molecule has 0 saturated carbocycles. The highest BCUT2D eigenvalue weighted by molar-refractivity contribution is 7.08. The van der Waals surface area contributed by atoms with Crippen molar-refractivity contribution in [2.24, 2.45) is 5.92 Å². The molecule has 4 rings (SSSR count). The number of ketones is 1. The van der Waals surface area contributed by atoms with E-state index in [0.29, 0.717) is 18.3 Å². The Morgan fingerprint density at radius 3 is 2.78 bits per heavy atom. The van der Waals surface area contributed by atoms with Crippen molar-refractivity contribution in [2.45, 2.75) is 33.2 Å². The van der Waals surface area contributed by atoms with Gasteiger partial charge in [0.1, 0.15) is 0 Å². The van der Waals surface area contributed by atoms with E-state index in [4.69, 9.17) is 4.52 Å². The molecule has 0 bridgehead atoms. The average molecular weight is 382 g/mol. The summed E-state index contributed by atoms with van der Waals surface area (Å²) in [5.74, 6) is 1.66. The van der Waals surface area contributed by atoms with E-state index < -0.39 is 0 Å². The van der Waals surface area contributed by atoms with Gasteiger partial charge in [-0.15, -0.1) is 0 Å². The maximum absolute atomic E-state index is 12.9. The first-order valence-corrected chi connectivity index (χ1v) is 10.2. The minimum atomic E-state index is 0.103. The second kappa shape index (κ2) is 7.74. The summed E-state index contributed by atoms with van der Waals surface area (Å²) in [7, 11) is 0. The SMILES string of the molecule is Cc1ccc(C(=O)C2CCN(Cc3nc(-c4ccsc4)no3)CC2)c(C)c1. The van der Waals surface area contributed by atoms with Crippen LogP contribution in [0.15, 0.2) is 39.5 Å². The zero-order valence-electron chi connectivity index (χ0n) is 15.6. The molecular formula is C21H23N3O2S. The topological polar surface area (TPSA) is 59.2 Å². The minimum Gasteiger partial charge on any atom is -0.338 e. The molecule has 0 N–H and O–H groups in total. The van der Waals surface area contributed by atoms with E-state index in [1.807, 2.05) is 35.9 Å². The molecule has 0 unspecified atom stereocenters. The van der Waals surface area contributed by atoms with Crippen molar-refractivity contribution in [3.8, 4) is 11.4 Å². The van der Waals surface area contributed by atoms with E-state index in [1.54, 1.807) is 11.3 Å². The van der Waals surface area contributed by atoms with E-state index in [0.717, 1.165) is 42.6 Å². The van der Waals surface area contributed by atoms with Crippen LogP contribution in [-0.4, -0.2) is 33.9 Å². The molecule has 2 aromatic heterocycles. The quantitative estimate of drug-likeness (QED) is 0.609. The third kappa shape index (κ3) is 4.01. The fraction of sp³-hybridized carbons (Fsp3) is 0.381. The van der Waals surface area contributed by atoms with Crippen LogP contribution in [0.3, 0.4) is 0 Å². The lowest BCUT2D eigenvalue weighted by molar-refractivity contribution is 0.0824. The number of hydrogen-bond acceptors (Lipinski definition) is 6. The summed E-state index contributed by atoms with van der Waals surface area (Å²) < 4.78 is 5.40. The molecule has 3 aromatic rings. The van der Waals surface area contributed by atoms with Gasteiger partial charge in [-0.2, -0.15) is 16.3 Å². The lowest BCUT2D eigenvalue weighted by Crippen LogP contribution is -2.36. The van der Waals surface area contributed by atoms with Crippen LogP contribution < -0.4 is 0 Å². The third-order valence-corrected chi connectivity index (χ3v) is 5.90. The van der Waals surface area contributed by atoms with Crippen LogP contribution >= 0.6 is 11.3 Å². The number of likely N-dealkylation sites (tertiary alicyclic amines) is 1. The number of benzene rings is 1. The number of carbonyl (C=O) groups excluding carboxylic acids is 1. The van der Waals surface area contributed by atoms with Crippen LogP contribution in [0.5, 0.6) is 0 Å². The monoisotopic (exact) mass is 381 g/mol. The molecule has 0 spiro atoms. The van der Waals surface area contributed by atoms with Crippen molar-refractivity contribution in [2.75, 3.05) is 13.1 Å². The van der Waals surface area contributed by atoms with Crippen LogP contribution in [0.25, 0.3) is 11.4 Å². The maximum Gasteiger partial charge on any atom is 0.241 e. The highest BCUT2D eigenvalue weighted by Gasteiger charge is 2.27. The van der Waals surface area contributed by atoms with Crippen molar-refractivity contribution in [3.05, 3.63) is 57.6 Å². The van der Waals surface area contributed by atoms with E-state index >= 15 is 0 Å². The number of aromatic nitrogens is 2. The smallest absolute Gasteiger partial charge is 0.241 e. The van der Waals surface area contributed by atoms with Gasteiger partial charge in [0.05, 0.1) is 6.54 Å². The van der Waals surface area contributed by atoms with Gasteiger partial charge in [0.25, 0.3) is 0 Å². The highest BCUT2D eigenvalue weighted by atomic mass is 32.1. The normalized spacial score (nSPS) is 15.9. The molecule has 1 aliphatic heterocycles. The number of thiophene rings is 1. The lowest BCUT2D eigenvalue weighted by atomic mass is 9.87. The van der Waals surface area contributed by atoms with Gasteiger partial charge in [-0.25, -0.2) is 0 Å². The molecule has 0 aliphatic carbocycles. The summed E-state index contributed by atoms with van der Waals surface area (Å²) in [6, 6.07) is 8.08. The predicted molar refractivity (Wildman–Crippen MR) is 106 cm³/mol. The van der Waals surface area contributed by atoms with Gasteiger partial charge >= 0.3 is 0 Å². The molecule has 0 atom stereocenters. The second-order valence-corrected chi connectivity index (χ2v) is 8.04.